The Morgan fingerprint density at radius 1 is 0.621 bits per heavy atom. The predicted octanol–water partition coefficient (Wildman–Crippen LogP) is 5.94. The van der Waals surface area contributed by atoms with Crippen LogP contribution in [0.1, 0.15) is 42.9 Å². The molecular weight excluding hydrogens is 354 g/mol. The molecule has 1 aliphatic rings. The fourth-order valence-electron chi connectivity index (χ4n) is 3.72. The molecule has 0 unspecified atom stereocenters. The summed E-state index contributed by atoms with van der Waals surface area (Å²) >= 11 is 0. The molecule has 3 heteroatoms. The maximum atomic E-state index is 4.65. The minimum absolute atomic E-state index is 0.885. The zero-order valence-electron chi connectivity index (χ0n) is 17.0. The SMILES string of the molecule is C/C(=N/N=C(c1ccccc1)c1ccccc1)c1ccc(N2CCCCC2)cc1. The second-order valence-electron chi connectivity index (χ2n) is 7.46. The molecule has 3 aromatic carbocycles. The highest BCUT2D eigenvalue weighted by molar-refractivity contribution is 6.13. The van der Waals surface area contributed by atoms with Crippen molar-refractivity contribution < 1.29 is 0 Å². The number of hydrogen-bond donors (Lipinski definition) is 0. The Morgan fingerprint density at radius 2 is 1.17 bits per heavy atom. The number of benzene rings is 3. The van der Waals surface area contributed by atoms with Crippen molar-refractivity contribution in [2.75, 3.05) is 18.0 Å². The Kier molecular flexibility index (Phi) is 6.16. The minimum atomic E-state index is 0.885. The van der Waals surface area contributed by atoms with Gasteiger partial charge in [0.25, 0.3) is 0 Å². The summed E-state index contributed by atoms with van der Waals surface area (Å²) in [6.45, 7) is 4.34. The van der Waals surface area contributed by atoms with E-state index in [0.717, 1.165) is 41.2 Å². The molecule has 29 heavy (non-hydrogen) atoms. The highest BCUT2D eigenvalue weighted by Crippen LogP contribution is 2.20. The number of piperidine rings is 1. The van der Waals surface area contributed by atoms with E-state index in [1.807, 2.05) is 43.3 Å². The van der Waals surface area contributed by atoms with Crippen LogP contribution in [-0.4, -0.2) is 24.5 Å². The second kappa shape index (κ2) is 9.33. The van der Waals surface area contributed by atoms with Crippen molar-refractivity contribution in [3.8, 4) is 0 Å². The molecule has 3 aromatic rings. The normalized spacial score (nSPS) is 14.5. The van der Waals surface area contributed by atoms with Gasteiger partial charge in [0.05, 0.1) is 5.71 Å². The maximum Gasteiger partial charge on any atom is 0.100 e. The Morgan fingerprint density at radius 3 is 1.72 bits per heavy atom. The fourth-order valence-corrected chi connectivity index (χ4v) is 3.72. The molecule has 146 valence electrons. The highest BCUT2D eigenvalue weighted by Gasteiger charge is 2.11. The lowest BCUT2D eigenvalue weighted by Gasteiger charge is -2.28. The molecule has 1 fully saturated rings. The van der Waals surface area contributed by atoms with Crippen molar-refractivity contribution in [3.63, 3.8) is 0 Å². The monoisotopic (exact) mass is 381 g/mol. The molecule has 1 saturated heterocycles. The number of hydrogen-bond acceptors (Lipinski definition) is 3. The highest BCUT2D eigenvalue weighted by atomic mass is 15.2. The van der Waals surface area contributed by atoms with E-state index in [4.69, 9.17) is 0 Å². The summed E-state index contributed by atoms with van der Waals surface area (Å²) < 4.78 is 0. The lowest BCUT2D eigenvalue weighted by Crippen LogP contribution is -2.29. The predicted molar refractivity (Wildman–Crippen MR) is 123 cm³/mol. The van der Waals surface area contributed by atoms with Crippen LogP contribution in [0.4, 0.5) is 5.69 Å². The molecule has 4 rings (SSSR count). The van der Waals surface area contributed by atoms with Gasteiger partial charge in [-0.1, -0.05) is 72.8 Å². The molecular formula is C26H27N3. The van der Waals surface area contributed by atoms with Crippen LogP contribution in [0.25, 0.3) is 0 Å². The molecule has 0 N–H and O–H groups in total. The van der Waals surface area contributed by atoms with Crippen molar-refractivity contribution in [3.05, 3.63) is 102 Å². The average Bonchev–Trinajstić information content (AvgIpc) is 2.81. The molecule has 0 aliphatic carbocycles. The number of rotatable bonds is 5. The summed E-state index contributed by atoms with van der Waals surface area (Å²) in [6.07, 6.45) is 3.93. The first-order valence-corrected chi connectivity index (χ1v) is 10.4. The number of nitrogens with zero attached hydrogens (tertiary/aromatic N) is 3. The molecule has 0 atom stereocenters. The summed E-state index contributed by atoms with van der Waals surface area (Å²) in [6, 6.07) is 29.2. The molecule has 0 saturated carbocycles. The molecule has 0 aromatic heterocycles. The molecule has 0 radical (unpaired) electrons. The third kappa shape index (κ3) is 4.80. The van der Waals surface area contributed by atoms with E-state index in [0.29, 0.717) is 0 Å². The van der Waals surface area contributed by atoms with Crippen LogP contribution in [-0.2, 0) is 0 Å². The minimum Gasteiger partial charge on any atom is -0.372 e. The van der Waals surface area contributed by atoms with Crippen LogP contribution < -0.4 is 4.90 Å². The van der Waals surface area contributed by atoms with Crippen molar-refractivity contribution in [2.24, 2.45) is 10.2 Å². The Labute approximate surface area is 173 Å². The molecule has 0 amide bonds. The molecule has 3 nitrogen and oxygen atoms in total. The van der Waals surface area contributed by atoms with E-state index >= 15 is 0 Å². The molecule has 0 bridgehead atoms. The van der Waals surface area contributed by atoms with Gasteiger partial charge in [0.1, 0.15) is 5.71 Å². The van der Waals surface area contributed by atoms with Gasteiger partial charge >= 0.3 is 0 Å². The molecule has 1 aliphatic heterocycles. The Bertz CT molecular complexity index is 926. The number of anilines is 1. The standard InChI is InChI=1S/C26H27N3/c1-21(22-15-17-25(18-16-22)29-19-9-4-10-20-29)27-28-26(23-11-5-2-6-12-23)24-13-7-3-8-14-24/h2-3,5-8,11-18H,4,9-10,19-20H2,1H3/b27-21-. The van der Waals surface area contributed by atoms with Gasteiger partial charge in [0, 0.05) is 29.9 Å². The van der Waals surface area contributed by atoms with E-state index < -0.39 is 0 Å². The molecule has 1 heterocycles. The van der Waals surface area contributed by atoms with Crippen LogP contribution in [0.5, 0.6) is 0 Å². The Hall–Kier alpha value is -3.20. The van der Waals surface area contributed by atoms with Gasteiger partial charge in [-0.3, -0.25) is 0 Å². The molecule has 0 spiro atoms. The van der Waals surface area contributed by atoms with Crippen LogP contribution >= 0.6 is 0 Å². The van der Waals surface area contributed by atoms with E-state index in [1.165, 1.54) is 24.9 Å². The van der Waals surface area contributed by atoms with Gasteiger partial charge < -0.3 is 4.90 Å². The third-order valence-corrected chi connectivity index (χ3v) is 5.40. The van der Waals surface area contributed by atoms with Gasteiger partial charge in [0.15, 0.2) is 0 Å². The van der Waals surface area contributed by atoms with Gasteiger partial charge in [-0.25, -0.2) is 0 Å². The van der Waals surface area contributed by atoms with Crippen molar-refractivity contribution >= 4 is 17.1 Å². The zero-order chi connectivity index (χ0) is 19.9. The van der Waals surface area contributed by atoms with Crippen LogP contribution in [0, 0.1) is 0 Å². The van der Waals surface area contributed by atoms with Gasteiger partial charge in [-0.2, -0.15) is 5.10 Å². The topological polar surface area (TPSA) is 28.0 Å². The van der Waals surface area contributed by atoms with Gasteiger partial charge in [-0.15, -0.1) is 5.10 Å². The van der Waals surface area contributed by atoms with Crippen molar-refractivity contribution in [1.29, 1.82) is 0 Å². The first-order chi connectivity index (χ1) is 14.3. The third-order valence-electron chi connectivity index (χ3n) is 5.40. The van der Waals surface area contributed by atoms with Crippen LogP contribution in [0.15, 0.2) is 95.1 Å². The fraction of sp³-hybridized carbons (Fsp3) is 0.231. The van der Waals surface area contributed by atoms with E-state index in [-0.39, 0.29) is 0 Å². The van der Waals surface area contributed by atoms with Gasteiger partial charge in [0.2, 0.25) is 0 Å². The summed E-state index contributed by atoms with van der Waals surface area (Å²) in [4.78, 5) is 2.47. The largest absolute Gasteiger partial charge is 0.372 e. The lowest BCUT2D eigenvalue weighted by atomic mass is 10.0. The zero-order valence-corrected chi connectivity index (χ0v) is 17.0. The lowest BCUT2D eigenvalue weighted by molar-refractivity contribution is 0.578. The smallest absolute Gasteiger partial charge is 0.100 e. The van der Waals surface area contributed by atoms with Crippen molar-refractivity contribution in [1.82, 2.24) is 0 Å². The van der Waals surface area contributed by atoms with E-state index in [1.54, 1.807) is 0 Å². The summed E-state index contributed by atoms with van der Waals surface area (Å²) in [5, 5.41) is 9.23. The first kappa shape index (κ1) is 19.1. The summed E-state index contributed by atoms with van der Waals surface area (Å²) in [5.41, 5.74) is 6.34. The Balaban J connectivity index is 1.60. The second-order valence-corrected chi connectivity index (χ2v) is 7.46. The van der Waals surface area contributed by atoms with Gasteiger partial charge in [-0.05, 0) is 43.9 Å². The van der Waals surface area contributed by atoms with Crippen molar-refractivity contribution in [2.45, 2.75) is 26.2 Å². The first-order valence-electron chi connectivity index (χ1n) is 10.4. The summed E-state index contributed by atoms with van der Waals surface area (Å²) in [5.74, 6) is 0. The average molecular weight is 382 g/mol. The van der Waals surface area contributed by atoms with E-state index in [9.17, 15) is 0 Å². The van der Waals surface area contributed by atoms with E-state index in [2.05, 4.69) is 63.6 Å². The maximum absolute atomic E-state index is 4.65. The summed E-state index contributed by atoms with van der Waals surface area (Å²) in [7, 11) is 0. The van der Waals surface area contributed by atoms with Crippen LogP contribution in [0.2, 0.25) is 0 Å². The van der Waals surface area contributed by atoms with Crippen LogP contribution in [0.3, 0.4) is 0 Å². The quantitative estimate of drug-likeness (QED) is 0.397.